The van der Waals surface area contributed by atoms with Crippen molar-refractivity contribution in [2.45, 2.75) is 19.4 Å². The molecule has 1 unspecified atom stereocenters. The van der Waals surface area contributed by atoms with E-state index in [1.54, 1.807) is 17.0 Å². The molecule has 1 atom stereocenters. The third-order valence-electron chi connectivity index (χ3n) is 3.81. The lowest BCUT2D eigenvalue weighted by Gasteiger charge is -2.38. The van der Waals surface area contributed by atoms with Crippen LogP contribution in [0.4, 0.5) is 0 Å². The van der Waals surface area contributed by atoms with E-state index < -0.39 is 0 Å². The Bertz CT molecular complexity index is 501. The van der Waals surface area contributed by atoms with Gasteiger partial charge in [-0.05, 0) is 18.6 Å². The van der Waals surface area contributed by atoms with Gasteiger partial charge in [-0.25, -0.2) is 4.98 Å². The number of hydrogen-bond acceptors (Lipinski definition) is 4. The molecule has 1 aliphatic heterocycles. The van der Waals surface area contributed by atoms with Crippen LogP contribution in [0.3, 0.4) is 0 Å². The maximum Gasteiger partial charge on any atom is 0.274 e. The highest BCUT2D eigenvalue weighted by Crippen LogP contribution is 2.19. The van der Waals surface area contributed by atoms with Crippen LogP contribution in [-0.2, 0) is 0 Å². The number of hydrogen-bond donors (Lipinski definition) is 1. The maximum absolute atomic E-state index is 12.4. The number of aromatic nitrogens is 1. The zero-order chi connectivity index (χ0) is 15.4. The summed E-state index contributed by atoms with van der Waals surface area (Å²) in [6.07, 6.45) is 0.895. The first-order valence-corrected chi connectivity index (χ1v) is 7.78. The van der Waals surface area contributed by atoms with Crippen LogP contribution in [-0.4, -0.2) is 64.6 Å². The summed E-state index contributed by atoms with van der Waals surface area (Å²) < 4.78 is 0. The molecule has 1 aromatic heterocycles. The lowest BCUT2D eigenvalue weighted by atomic mass is 10.1. The first-order chi connectivity index (χ1) is 10.1. The molecule has 2 rings (SSSR count). The van der Waals surface area contributed by atoms with Gasteiger partial charge in [0, 0.05) is 32.2 Å². The quantitative estimate of drug-likeness (QED) is 0.856. The van der Waals surface area contributed by atoms with E-state index in [-0.39, 0.29) is 29.4 Å². The summed E-state index contributed by atoms with van der Waals surface area (Å²) in [5, 5.41) is 9.90. The minimum Gasteiger partial charge on any atom is -0.395 e. The molecule has 1 amide bonds. The fourth-order valence-electron chi connectivity index (χ4n) is 2.51. The van der Waals surface area contributed by atoms with Crippen molar-refractivity contribution in [3.63, 3.8) is 0 Å². The van der Waals surface area contributed by atoms with Crippen molar-refractivity contribution >= 4 is 29.1 Å². The Kier molecular flexibility index (Phi) is 5.81. The molecule has 0 saturated carbocycles. The summed E-state index contributed by atoms with van der Waals surface area (Å²) >= 11 is 11.8. The van der Waals surface area contributed by atoms with Gasteiger partial charge in [-0.15, -0.1) is 0 Å². The number of pyridine rings is 1. The highest BCUT2D eigenvalue weighted by molar-refractivity contribution is 6.34. The third-order valence-corrected chi connectivity index (χ3v) is 4.33. The van der Waals surface area contributed by atoms with Gasteiger partial charge < -0.3 is 10.0 Å². The second kappa shape index (κ2) is 7.40. The largest absolute Gasteiger partial charge is 0.395 e. The second-order valence-corrected chi connectivity index (χ2v) is 5.83. The van der Waals surface area contributed by atoms with Crippen molar-refractivity contribution in [2.24, 2.45) is 0 Å². The third kappa shape index (κ3) is 3.86. The van der Waals surface area contributed by atoms with Crippen LogP contribution < -0.4 is 0 Å². The lowest BCUT2D eigenvalue weighted by Crippen LogP contribution is -2.52. The van der Waals surface area contributed by atoms with Crippen molar-refractivity contribution < 1.29 is 9.90 Å². The van der Waals surface area contributed by atoms with Gasteiger partial charge in [0.05, 0.1) is 11.6 Å². The normalized spacial score (nSPS) is 17.8. The van der Waals surface area contributed by atoms with Crippen LogP contribution in [0, 0.1) is 0 Å². The standard InChI is InChI=1S/C14H19Cl2N3O2/c1-2-10(9-20)18-5-7-19(8-6-18)14(21)13-11(15)3-4-12(16)17-13/h3-4,10,20H,2,5-9H2,1H3. The molecular formula is C14H19Cl2N3O2. The molecule has 1 N–H and O–H groups in total. The average Bonchev–Trinajstić information content (AvgIpc) is 2.51. The molecule has 0 aliphatic carbocycles. The Morgan fingerprint density at radius 2 is 2.00 bits per heavy atom. The Labute approximate surface area is 134 Å². The number of piperazine rings is 1. The predicted molar refractivity (Wildman–Crippen MR) is 82.9 cm³/mol. The van der Waals surface area contributed by atoms with Crippen molar-refractivity contribution in [1.82, 2.24) is 14.8 Å². The molecular weight excluding hydrogens is 313 g/mol. The first-order valence-electron chi connectivity index (χ1n) is 7.03. The van der Waals surface area contributed by atoms with Crippen LogP contribution in [0.15, 0.2) is 12.1 Å². The van der Waals surface area contributed by atoms with E-state index in [0.29, 0.717) is 18.1 Å². The summed E-state index contributed by atoms with van der Waals surface area (Å²) in [4.78, 5) is 20.4. The number of amides is 1. The number of rotatable bonds is 4. The summed E-state index contributed by atoms with van der Waals surface area (Å²) in [5.41, 5.74) is 0.201. The number of aliphatic hydroxyl groups is 1. The lowest BCUT2D eigenvalue weighted by molar-refractivity contribution is 0.0468. The average molecular weight is 332 g/mol. The van der Waals surface area contributed by atoms with Gasteiger partial charge >= 0.3 is 0 Å². The summed E-state index contributed by atoms with van der Waals surface area (Å²) in [6.45, 7) is 4.87. The predicted octanol–water partition coefficient (Wildman–Crippen LogP) is 1.92. The minimum absolute atomic E-state index is 0.145. The van der Waals surface area contributed by atoms with Crippen LogP contribution in [0.5, 0.6) is 0 Å². The second-order valence-electron chi connectivity index (χ2n) is 5.04. The number of aliphatic hydroxyl groups excluding tert-OH is 1. The molecule has 0 aromatic carbocycles. The topological polar surface area (TPSA) is 56.7 Å². The highest BCUT2D eigenvalue weighted by Gasteiger charge is 2.27. The molecule has 0 bridgehead atoms. The van der Waals surface area contributed by atoms with Crippen molar-refractivity contribution in [2.75, 3.05) is 32.8 Å². The van der Waals surface area contributed by atoms with E-state index in [9.17, 15) is 9.90 Å². The van der Waals surface area contributed by atoms with Crippen molar-refractivity contribution in [3.05, 3.63) is 28.0 Å². The van der Waals surface area contributed by atoms with Crippen LogP contribution in [0.25, 0.3) is 0 Å². The van der Waals surface area contributed by atoms with E-state index >= 15 is 0 Å². The van der Waals surface area contributed by atoms with E-state index in [1.807, 2.05) is 6.92 Å². The summed E-state index contributed by atoms with van der Waals surface area (Å²) in [5.74, 6) is -0.195. The maximum atomic E-state index is 12.4. The summed E-state index contributed by atoms with van der Waals surface area (Å²) in [6, 6.07) is 3.31. The first kappa shape index (κ1) is 16.5. The van der Waals surface area contributed by atoms with Gasteiger partial charge in [0.15, 0.2) is 0 Å². The minimum atomic E-state index is -0.195. The molecule has 116 valence electrons. The number of halogens is 2. The van der Waals surface area contributed by atoms with Gasteiger partial charge in [0.1, 0.15) is 10.8 Å². The zero-order valence-electron chi connectivity index (χ0n) is 11.9. The SMILES string of the molecule is CCC(CO)N1CCN(C(=O)c2nc(Cl)ccc2Cl)CC1. The van der Waals surface area contributed by atoms with Gasteiger partial charge in [-0.1, -0.05) is 30.1 Å². The van der Waals surface area contributed by atoms with Crippen LogP contribution >= 0.6 is 23.2 Å². The van der Waals surface area contributed by atoms with E-state index in [0.717, 1.165) is 19.5 Å². The Balaban J connectivity index is 2.02. The highest BCUT2D eigenvalue weighted by atomic mass is 35.5. The Morgan fingerprint density at radius 1 is 1.33 bits per heavy atom. The van der Waals surface area contributed by atoms with Gasteiger partial charge in [-0.3, -0.25) is 9.69 Å². The molecule has 5 nitrogen and oxygen atoms in total. The Morgan fingerprint density at radius 3 is 2.57 bits per heavy atom. The molecule has 1 fully saturated rings. The van der Waals surface area contributed by atoms with Crippen molar-refractivity contribution in [3.8, 4) is 0 Å². The van der Waals surface area contributed by atoms with E-state index in [1.165, 1.54) is 0 Å². The van der Waals surface area contributed by atoms with Gasteiger partial charge in [0.25, 0.3) is 5.91 Å². The Hall–Kier alpha value is -0.880. The monoisotopic (exact) mass is 331 g/mol. The van der Waals surface area contributed by atoms with Crippen LogP contribution in [0.1, 0.15) is 23.8 Å². The smallest absolute Gasteiger partial charge is 0.274 e. The molecule has 1 aromatic rings. The molecule has 0 radical (unpaired) electrons. The van der Waals surface area contributed by atoms with E-state index in [2.05, 4.69) is 9.88 Å². The fourth-order valence-corrected chi connectivity index (χ4v) is 2.84. The molecule has 2 heterocycles. The number of carbonyl (C=O) groups is 1. The zero-order valence-corrected chi connectivity index (χ0v) is 13.4. The van der Waals surface area contributed by atoms with Gasteiger partial charge in [-0.2, -0.15) is 0 Å². The molecule has 1 saturated heterocycles. The van der Waals surface area contributed by atoms with E-state index in [4.69, 9.17) is 23.2 Å². The molecule has 0 spiro atoms. The molecule has 21 heavy (non-hydrogen) atoms. The molecule has 7 heteroatoms. The molecule has 1 aliphatic rings. The van der Waals surface area contributed by atoms with Gasteiger partial charge in [0.2, 0.25) is 0 Å². The summed E-state index contributed by atoms with van der Waals surface area (Å²) in [7, 11) is 0. The number of carbonyl (C=O) groups excluding carboxylic acids is 1. The van der Waals surface area contributed by atoms with Crippen molar-refractivity contribution in [1.29, 1.82) is 0 Å². The number of nitrogens with zero attached hydrogens (tertiary/aromatic N) is 3. The fraction of sp³-hybridized carbons (Fsp3) is 0.571. The van der Waals surface area contributed by atoms with Crippen LogP contribution in [0.2, 0.25) is 10.2 Å².